The Bertz CT molecular complexity index is 1650. The van der Waals surface area contributed by atoms with Gasteiger partial charge in [-0.1, -0.05) is 90.1 Å². The Hall–Kier alpha value is -6.42. The lowest BCUT2D eigenvalue weighted by Crippen LogP contribution is -1.95. The van der Waals surface area contributed by atoms with E-state index in [1.54, 1.807) is 72.8 Å². The van der Waals surface area contributed by atoms with Crippen LogP contribution in [0, 0.1) is 35.5 Å². The van der Waals surface area contributed by atoms with Crippen LogP contribution in [0.4, 0.5) is 0 Å². The van der Waals surface area contributed by atoms with E-state index in [2.05, 4.69) is 35.5 Å². The zero-order valence-electron chi connectivity index (χ0n) is 21.8. The SMILES string of the molecule is O=Cc1cccc(C=O)c1C#Cc1cc(C#Cc2c(C=O)cccc2C=O)cc(C#Cc2c(C=O)cccc2C=O)c1. The number of carbonyl (C=O) groups excluding carboxylic acids is 6. The van der Waals surface area contributed by atoms with Gasteiger partial charge in [-0.3, -0.25) is 28.8 Å². The standard InChI is InChI=1S/C36H18O6/c37-19-28-4-1-5-29(20-38)34(28)13-10-25-16-26(11-14-35-30(21-39)6-2-7-31(35)22-40)18-27(17-25)12-15-36-32(23-41)8-3-9-33(36)24-42/h1-9,16-24H. The van der Waals surface area contributed by atoms with Gasteiger partial charge in [0.2, 0.25) is 0 Å². The van der Waals surface area contributed by atoms with E-state index >= 15 is 0 Å². The van der Waals surface area contributed by atoms with Gasteiger partial charge in [0, 0.05) is 66.8 Å². The minimum Gasteiger partial charge on any atom is -0.298 e. The van der Waals surface area contributed by atoms with Crippen molar-refractivity contribution in [1.29, 1.82) is 0 Å². The molecule has 0 amide bonds. The number of hydrogen-bond donors (Lipinski definition) is 0. The lowest BCUT2D eigenvalue weighted by molar-refractivity contribution is 0.110. The molecule has 42 heavy (non-hydrogen) atoms. The minimum absolute atomic E-state index is 0.252. The Morgan fingerprint density at radius 2 is 0.548 bits per heavy atom. The van der Waals surface area contributed by atoms with Crippen molar-refractivity contribution in [2.24, 2.45) is 0 Å². The van der Waals surface area contributed by atoms with E-state index < -0.39 is 0 Å². The first-order chi connectivity index (χ1) is 20.5. The molecule has 4 aromatic rings. The lowest BCUT2D eigenvalue weighted by Gasteiger charge is -2.02. The van der Waals surface area contributed by atoms with Crippen molar-refractivity contribution in [3.8, 4) is 35.5 Å². The highest BCUT2D eigenvalue weighted by Crippen LogP contribution is 2.16. The summed E-state index contributed by atoms with van der Waals surface area (Å²) in [6.45, 7) is 0. The summed E-state index contributed by atoms with van der Waals surface area (Å²) in [6, 6.07) is 19.0. The molecule has 0 N–H and O–H groups in total. The van der Waals surface area contributed by atoms with Gasteiger partial charge in [0.1, 0.15) is 0 Å². The molecule has 198 valence electrons. The molecule has 0 saturated carbocycles. The number of benzene rings is 4. The van der Waals surface area contributed by atoms with E-state index in [9.17, 15) is 28.8 Å². The molecule has 0 spiro atoms. The zero-order chi connectivity index (χ0) is 29.9. The fraction of sp³-hybridized carbons (Fsp3) is 0. The van der Waals surface area contributed by atoms with Gasteiger partial charge in [-0.25, -0.2) is 0 Å². The largest absolute Gasteiger partial charge is 0.298 e. The third-order valence-electron chi connectivity index (χ3n) is 6.08. The van der Waals surface area contributed by atoms with E-state index in [4.69, 9.17) is 0 Å². The highest BCUT2D eigenvalue weighted by atomic mass is 16.1. The van der Waals surface area contributed by atoms with E-state index in [1.807, 2.05) is 0 Å². The van der Waals surface area contributed by atoms with Gasteiger partial charge in [0.05, 0.1) is 0 Å². The summed E-state index contributed by atoms with van der Waals surface area (Å²) < 4.78 is 0. The molecule has 0 aliphatic heterocycles. The van der Waals surface area contributed by atoms with Gasteiger partial charge in [0.25, 0.3) is 0 Å². The summed E-state index contributed by atoms with van der Waals surface area (Å²) in [7, 11) is 0. The summed E-state index contributed by atoms with van der Waals surface area (Å²) in [5.74, 6) is 17.5. The number of aldehydes is 6. The maximum Gasteiger partial charge on any atom is 0.151 e. The van der Waals surface area contributed by atoms with E-state index in [1.165, 1.54) is 0 Å². The van der Waals surface area contributed by atoms with Crippen LogP contribution in [0.1, 0.15) is 95.5 Å². The molecule has 0 atom stereocenters. The van der Waals surface area contributed by atoms with Crippen LogP contribution in [0.5, 0.6) is 0 Å². The third-order valence-corrected chi connectivity index (χ3v) is 6.08. The zero-order valence-corrected chi connectivity index (χ0v) is 21.8. The molecule has 4 rings (SSSR count). The van der Waals surface area contributed by atoms with Gasteiger partial charge in [-0.2, -0.15) is 0 Å². The summed E-state index contributed by atoms with van der Waals surface area (Å²) in [5.41, 5.74) is 3.59. The highest BCUT2D eigenvalue weighted by molar-refractivity contribution is 5.90. The van der Waals surface area contributed by atoms with Crippen molar-refractivity contribution in [2.45, 2.75) is 0 Å². The summed E-state index contributed by atoms with van der Waals surface area (Å²) in [6.07, 6.45) is 3.67. The fourth-order valence-corrected chi connectivity index (χ4v) is 4.04. The first kappa shape index (κ1) is 28.6. The van der Waals surface area contributed by atoms with Crippen molar-refractivity contribution in [2.75, 3.05) is 0 Å². The summed E-state index contributed by atoms with van der Waals surface area (Å²) in [4.78, 5) is 69.3. The van der Waals surface area contributed by atoms with Crippen molar-refractivity contribution in [3.63, 3.8) is 0 Å². The predicted molar refractivity (Wildman–Crippen MR) is 156 cm³/mol. The van der Waals surface area contributed by atoms with Crippen LogP contribution in [0.25, 0.3) is 0 Å². The Kier molecular flexibility index (Phi) is 9.24. The van der Waals surface area contributed by atoms with Crippen LogP contribution < -0.4 is 0 Å². The second kappa shape index (κ2) is 13.6. The highest BCUT2D eigenvalue weighted by Gasteiger charge is 2.07. The lowest BCUT2D eigenvalue weighted by atomic mass is 10.00. The first-order valence-corrected chi connectivity index (χ1v) is 12.4. The van der Waals surface area contributed by atoms with E-state index in [0.717, 1.165) is 0 Å². The molecule has 0 radical (unpaired) electrons. The first-order valence-electron chi connectivity index (χ1n) is 12.4. The average Bonchev–Trinajstić information content (AvgIpc) is 3.04. The molecule has 6 heteroatoms. The van der Waals surface area contributed by atoms with Crippen LogP contribution in [0.2, 0.25) is 0 Å². The van der Waals surface area contributed by atoms with Gasteiger partial charge in [0.15, 0.2) is 37.7 Å². The Balaban J connectivity index is 1.91. The number of carbonyl (C=O) groups is 6. The van der Waals surface area contributed by atoms with Crippen LogP contribution in [-0.4, -0.2) is 37.7 Å². The molecule has 0 aromatic heterocycles. The molecule has 4 aromatic carbocycles. The van der Waals surface area contributed by atoms with Crippen LogP contribution >= 0.6 is 0 Å². The fourth-order valence-electron chi connectivity index (χ4n) is 4.04. The molecule has 0 aliphatic carbocycles. The van der Waals surface area contributed by atoms with Crippen molar-refractivity contribution >= 4 is 37.7 Å². The second-order valence-corrected chi connectivity index (χ2v) is 8.69. The van der Waals surface area contributed by atoms with E-state index in [-0.39, 0.29) is 50.1 Å². The monoisotopic (exact) mass is 546 g/mol. The summed E-state index contributed by atoms with van der Waals surface area (Å²) in [5, 5.41) is 0. The molecular formula is C36H18O6. The van der Waals surface area contributed by atoms with Crippen molar-refractivity contribution in [1.82, 2.24) is 0 Å². The molecule has 0 fully saturated rings. The maximum atomic E-state index is 11.5. The Morgan fingerprint density at radius 1 is 0.333 bits per heavy atom. The topological polar surface area (TPSA) is 102 Å². The molecule has 0 heterocycles. The minimum atomic E-state index is 0.252. The maximum absolute atomic E-state index is 11.5. The Labute approximate surface area is 241 Å². The number of hydrogen-bond acceptors (Lipinski definition) is 6. The molecule has 0 unspecified atom stereocenters. The predicted octanol–water partition coefficient (Wildman–Crippen LogP) is 4.76. The van der Waals surface area contributed by atoms with Crippen LogP contribution in [0.3, 0.4) is 0 Å². The second-order valence-electron chi connectivity index (χ2n) is 8.69. The molecule has 0 aliphatic rings. The normalized spacial score (nSPS) is 9.43. The quantitative estimate of drug-likeness (QED) is 0.255. The molecular weight excluding hydrogens is 528 g/mol. The average molecular weight is 547 g/mol. The van der Waals surface area contributed by atoms with Gasteiger partial charge in [-0.05, 0) is 18.2 Å². The van der Waals surface area contributed by atoms with Gasteiger partial charge >= 0.3 is 0 Å². The summed E-state index contributed by atoms with van der Waals surface area (Å²) >= 11 is 0. The smallest absolute Gasteiger partial charge is 0.151 e. The Morgan fingerprint density at radius 3 is 0.738 bits per heavy atom. The molecule has 6 nitrogen and oxygen atoms in total. The van der Waals surface area contributed by atoms with Crippen LogP contribution in [0.15, 0.2) is 72.8 Å². The van der Waals surface area contributed by atoms with Crippen molar-refractivity contribution < 1.29 is 28.8 Å². The van der Waals surface area contributed by atoms with Gasteiger partial charge in [-0.15, -0.1) is 0 Å². The van der Waals surface area contributed by atoms with Crippen molar-refractivity contribution in [3.05, 3.63) is 140 Å². The van der Waals surface area contributed by atoms with E-state index in [0.29, 0.717) is 54.4 Å². The van der Waals surface area contributed by atoms with Crippen LogP contribution in [-0.2, 0) is 0 Å². The third kappa shape index (κ3) is 6.41. The molecule has 0 bridgehead atoms. The van der Waals surface area contributed by atoms with Gasteiger partial charge < -0.3 is 0 Å². The number of rotatable bonds is 6. The molecule has 0 saturated heterocycles.